The second-order valence-electron chi connectivity index (χ2n) is 5.71. The van der Waals surface area contributed by atoms with Crippen LogP contribution in [-0.2, 0) is 0 Å². The van der Waals surface area contributed by atoms with Gasteiger partial charge < -0.3 is 14.4 Å². The lowest BCUT2D eigenvalue weighted by molar-refractivity contribution is -0.385. The summed E-state index contributed by atoms with van der Waals surface area (Å²) in [7, 11) is 3.23. The number of rotatable bonds is 7. The smallest absolute Gasteiger partial charge is 0.311 e. The minimum Gasteiger partial charge on any atom is -0.496 e. The van der Waals surface area contributed by atoms with Gasteiger partial charge in [-0.25, -0.2) is 0 Å². The monoisotopic (exact) mass is 358 g/mol. The molecule has 2 aromatic rings. The number of methoxy groups -OCH3 is 1. The Morgan fingerprint density at radius 2 is 1.92 bits per heavy atom. The summed E-state index contributed by atoms with van der Waals surface area (Å²) < 4.78 is 10.6. The van der Waals surface area contributed by atoms with Gasteiger partial charge in [-0.1, -0.05) is 18.2 Å². The lowest BCUT2D eigenvalue weighted by Crippen LogP contribution is -2.30. The number of nitro groups is 1. The molecule has 0 aromatic heterocycles. The largest absolute Gasteiger partial charge is 0.496 e. The van der Waals surface area contributed by atoms with Crippen LogP contribution in [0.2, 0.25) is 0 Å². The number of carbonyl (C=O) groups excluding carboxylic acids is 1. The van der Waals surface area contributed by atoms with Gasteiger partial charge in [0.1, 0.15) is 5.75 Å². The van der Waals surface area contributed by atoms with Crippen molar-refractivity contribution in [2.75, 3.05) is 20.8 Å². The van der Waals surface area contributed by atoms with E-state index in [-0.39, 0.29) is 28.9 Å². The van der Waals surface area contributed by atoms with Crippen molar-refractivity contribution in [1.29, 1.82) is 0 Å². The fraction of sp³-hybridized carbons (Fsp3) is 0.316. The summed E-state index contributed by atoms with van der Waals surface area (Å²) in [6.07, 6.45) is 0. The Hall–Kier alpha value is -3.09. The molecule has 1 amide bonds. The molecule has 0 radical (unpaired) electrons. The van der Waals surface area contributed by atoms with Gasteiger partial charge in [0.25, 0.3) is 5.91 Å². The Labute approximate surface area is 152 Å². The van der Waals surface area contributed by atoms with Gasteiger partial charge in [0.2, 0.25) is 0 Å². The van der Waals surface area contributed by atoms with Crippen molar-refractivity contribution in [3.8, 4) is 11.5 Å². The first-order valence-corrected chi connectivity index (χ1v) is 8.22. The zero-order valence-electron chi connectivity index (χ0n) is 15.3. The van der Waals surface area contributed by atoms with Crippen LogP contribution >= 0.6 is 0 Å². The summed E-state index contributed by atoms with van der Waals surface area (Å²) in [6.45, 7) is 3.92. The number of hydrogen-bond acceptors (Lipinski definition) is 5. The van der Waals surface area contributed by atoms with Gasteiger partial charge in [-0.3, -0.25) is 14.9 Å². The fourth-order valence-corrected chi connectivity index (χ4v) is 2.67. The van der Waals surface area contributed by atoms with E-state index in [1.807, 2.05) is 31.2 Å². The van der Waals surface area contributed by atoms with Crippen molar-refractivity contribution in [2.45, 2.75) is 19.9 Å². The average Bonchev–Trinajstić information content (AvgIpc) is 2.66. The standard InChI is InChI=1S/C19H22N2O5/c1-5-26-18-11-10-14(12-16(18)21(23)24)19(22)20(3)13(2)15-8-6-7-9-17(15)25-4/h6-13H,5H2,1-4H3. The molecule has 0 bridgehead atoms. The van der Waals surface area contributed by atoms with Crippen molar-refractivity contribution in [1.82, 2.24) is 4.90 Å². The molecule has 138 valence electrons. The predicted octanol–water partition coefficient (Wildman–Crippen LogP) is 3.84. The molecule has 0 aliphatic heterocycles. The van der Waals surface area contributed by atoms with E-state index < -0.39 is 4.92 Å². The lowest BCUT2D eigenvalue weighted by atomic mass is 10.0. The topological polar surface area (TPSA) is 81.9 Å². The zero-order valence-corrected chi connectivity index (χ0v) is 15.3. The van der Waals surface area contributed by atoms with E-state index in [4.69, 9.17) is 9.47 Å². The minimum atomic E-state index is -0.550. The molecule has 7 nitrogen and oxygen atoms in total. The van der Waals surface area contributed by atoms with Gasteiger partial charge in [-0.15, -0.1) is 0 Å². The number of para-hydroxylation sites is 1. The normalized spacial score (nSPS) is 11.5. The molecule has 1 atom stereocenters. The van der Waals surface area contributed by atoms with Gasteiger partial charge >= 0.3 is 5.69 Å². The van der Waals surface area contributed by atoms with Gasteiger partial charge in [0.05, 0.1) is 24.7 Å². The summed E-state index contributed by atoms with van der Waals surface area (Å²) in [5.41, 5.74) is 0.853. The molecule has 0 N–H and O–H groups in total. The van der Waals surface area contributed by atoms with E-state index in [0.29, 0.717) is 12.4 Å². The van der Waals surface area contributed by atoms with Crippen LogP contribution in [0.3, 0.4) is 0 Å². The molecule has 0 heterocycles. The highest BCUT2D eigenvalue weighted by atomic mass is 16.6. The second-order valence-corrected chi connectivity index (χ2v) is 5.71. The van der Waals surface area contributed by atoms with Crippen molar-refractivity contribution >= 4 is 11.6 Å². The summed E-state index contributed by atoms with van der Waals surface area (Å²) in [6, 6.07) is 11.4. The average molecular weight is 358 g/mol. The van der Waals surface area contributed by atoms with Crippen LogP contribution in [0.25, 0.3) is 0 Å². The maximum Gasteiger partial charge on any atom is 0.311 e. The highest BCUT2D eigenvalue weighted by molar-refractivity contribution is 5.95. The highest BCUT2D eigenvalue weighted by Gasteiger charge is 2.24. The van der Waals surface area contributed by atoms with Crippen molar-refractivity contribution in [3.05, 3.63) is 63.7 Å². The molecule has 26 heavy (non-hydrogen) atoms. The maximum atomic E-state index is 12.8. The number of nitro benzene ring substituents is 1. The van der Waals surface area contributed by atoms with Crippen molar-refractivity contribution in [3.63, 3.8) is 0 Å². The molecule has 0 aliphatic rings. The van der Waals surface area contributed by atoms with Gasteiger partial charge in [0, 0.05) is 24.2 Å². The third-order valence-corrected chi connectivity index (χ3v) is 4.19. The Kier molecular flexibility index (Phi) is 6.16. The number of amides is 1. The molecular formula is C19H22N2O5. The van der Waals surface area contributed by atoms with Crippen LogP contribution in [0, 0.1) is 10.1 Å². The molecule has 1 unspecified atom stereocenters. The first kappa shape index (κ1) is 19.2. The van der Waals surface area contributed by atoms with Crippen LogP contribution in [0.1, 0.15) is 35.8 Å². The Morgan fingerprint density at radius 1 is 1.23 bits per heavy atom. The molecule has 2 rings (SSSR count). The number of carbonyl (C=O) groups is 1. The Morgan fingerprint density at radius 3 is 2.54 bits per heavy atom. The van der Waals surface area contributed by atoms with Crippen LogP contribution in [0.5, 0.6) is 11.5 Å². The molecule has 2 aromatic carbocycles. The molecule has 0 spiro atoms. The first-order chi connectivity index (χ1) is 12.4. The van der Waals surface area contributed by atoms with E-state index >= 15 is 0 Å². The Balaban J connectivity index is 2.32. The lowest BCUT2D eigenvalue weighted by Gasteiger charge is -2.26. The van der Waals surface area contributed by atoms with Crippen molar-refractivity contribution < 1.29 is 19.2 Å². The van der Waals surface area contributed by atoms with Crippen LogP contribution in [0.15, 0.2) is 42.5 Å². The fourth-order valence-electron chi connectivity index (χ4n) is 2.67. The molecule has 0 saturated carbocycles. The molecule has 7 heteroatoms. The van der Waals surface area contributed by atoms with E-state index in [1.54, 1.807) is 21.1 Å². The highest BCUT2D eigenvalue weighted by Crippen LogP contribution is 2.31. The number of hydrogen-bond donors (Lipinski definition) is 0. The third kappa shape index (κ3) is 3.93. The van der Waals surface area contributed by atoms with Crippen LogP contribution in [0.4, 0.5) is 5.69 Å². The second kappa shape index (κ2) is 8.33. The summed E-state index contributed by atoms with van der Waals surface area (Å²) in [5.74, 6) is 0.501. The van der Waals surface area contributed by atoms with E-state index in [9.17, 15) is 14.9 Å². The quantitative estimate of drug-likeness (QED) is 0.555. The minimum absolute atomic E-state index is 0.148. The summed E-state index contributed by atoms with van der Waals surface area (Å²) in [5, 5.41) is 11.3. The van der Waals surface area contributed by atoms with E-state index in [1.165, 1.54) is 23.1 Å². The van der Waals surface area contributed by atoms with Crippen molar-refractivity contribution in [2.24, 2.45) is 0 Å². The van der Waals surface area contributed by atoms with Crippen LogP contribution < -0.4 is 9.47 Å². The van der Waals surface area contributed by atoms with Gasteiger partial charge in [-0.2, -0.15) is 0 Å². The molecule has 0 saturated heterocycles. The van der Waals surface area contributed by atoms with Gasteiger partial charge in [0.15, 0.2) is 5.75 Å². The molecule has 0 aliphatic carbocycles. The molecular weight excluding hydrogens is 336 g/mol. The summed E-state index contributed by atoms with van der Waals surface area (Å²) >= 11 is 0. The predicted molar refractivity (Wildman–Crippen MR) is 97.8 cm³/mol. The first-order valence-electron chi connectivity index (χ1n) is 8.22. The number of nitrogens with zero attached hydrogens (tertiary/aromatic N) is 2. The zero-order chi connectivity index (χ0) is 19.3. The van der Waals surface area contributed by atoms with Gasteiger partial charge in [-0.05, 0) is 32.0 Å². The van der Waals surface area contributed by atoms with E-state index in [0.717, 1.165) is 5.56 Å². The van der Waals surface area contributed by atoms with E-state index in [2.05, 4.69) is 0 Å². The Bertz CT molecular complexity index is 806. The van der Waals surface area contributed by atoms with Crippen LogP contribution in [-0.4, -0.2) is 36.5 Å². The number of ether oxygens (including phenoxy) is 2. The third-order valence-electron chi connectivity index (χ3n) is 4.19. The molecule has 0 fully saturated rings. The number of benzene rings is 2. The maximum absolute atomic E-state index is 12.8. The SMILES string of the molecule is CCOc1ccc(C(=O)N(C)C(C)c2ccccc2OC)cc1[N+](=O)[O-]. The summed E-state index contributed by atoms with van der Waals surface area (Å²) in [4.78, 5) is 25.1.